The second-order valence-electron chi connectivity index (χ2n) is 7.40. The molecule has 0 spiro atoms. The van der Waals surface area contributed by atoms with E-state index in [9.17, 15) is 0 Å². The Morgan fingerprint density at radius 2 is 1.96 bits per heavy atom. The van der Waals surface area contributed by atoms with Crippen molar-refractivity contribution in [1.29, 1.82) is 0 Å². The van der Waals surface area contributed by atoms with E-state index in [1.807, 2.05) is 6.92 Å². The molecule has 0 bridgehead atoms. The second-order valence-corrected chi connectivity index (χ2v) is 7.40. The van der Waals surface area contributed by atoms with Crippen molar-refractivity contribution in [1.82, 2.24) is 25.3 Å². The van der Waals surface area contributed by atoms with Crippen LogP contribution in [-0.4, -0.2) is 53.4 Å². The van der Waals surface area contributed by atoms with E-state index < -0.39 is 0 Å². The molecule has 28 heavy (non-hydrogen) atoms. The van der Waals surface area contributed by atoms with Crippen molar-refractivity contribution in [3.63, 3.8) is 0 Å². The lowest BCUT2D eigenvalue weighted by Gasteiger charge is -2.24. The molecule has 1 aromatic heterocycles. The van der Waals surface area contributed by atoms with Gasteiger partial charge in [0.25, 0.3) is 0 Å². The summed E-state index contributed by atoms with van der Waals surface area (Å²) in [5.41, 5.74) is 3.62. The molecular weight excluding hydrogens is 348 g/mol. The number of guanidine groups is 1. The molecule has 6 nitrogen and oxygen atoms in total. The molecule has 0 aliphatic rings. The van der Waals surface area contributed by atoms with E-state index in [1.165, 1.54) is 11.3 Å². The van der Waals surface area contributed by atoms with Crippen molar-refractivity contribution in [2.75, 3.05) is 26.7 Å². The Kier molecular flexibility index (Phi) is 9.01. The highest BCUT2D eigenvalue weighted by molar-refractivity contribution is 5.79. The molecule has 154 valence electrons. The summed E-state index contributed by atoms with van der Waals surface area (Å²) in [5, 5.41) is 11.3. The average molecular weight is 385 g/mol. The Balaban J connectivity index is 1.77. The van der Waals surface area contributed by atoms with Crippen molar-refractivity contribution in [2.24, 2.45) is 4.99 Å². The topological polar surface area (TPSA) is 57.5 Å². The fourth-order valence-electron chi connectivity index (χ4n) is 3.07. The number of likely N-dealkylation sites (N-methyl/N-ethyl adjacent to an activating group) is 1. The molecule has 0 aliphatic heterocycles. The molecule has 0 fully saturated rings. The fraction of sp³-hybridized carbons (Fsp3) is 0.545. The van der Waals surface area contributed by atoms with Crippen molar-refractivity contribution < 1.29 is 0 Å². The van der Waals surface area contributed by atoms with Gasteiger partial charge in [-0.15, -0.1) is 0 Å². The summed E-state index contributed by atoms with van der Waals surface area (Å²) in [5.74, 6) is 0.885. The SMILES string of the molecule is CCNC(=NCC(C)N(C)Cc1ccccc1)NCCCn1nc(C)cc1C. The molecule has 2 N–H and O–H groups in total. The minimum absolute atomic E-state index is 0.366. The number of aromatic nitrogens is 2. The molecule has 0 aliphatic carbocycles. The van der Waals surface area contributed by atoms with E-state index in [0.717, 1.165) is 50.8 Å². The number of aryl methyl sites for hydroxylation is 3. The van der Waals surface area contributed by atoms with E-state index in [2.05, 4.69) is 89.5 Å². The molecule has 1 aromatic carbocycles. The van der Waals surface area contributed by atoms with Crippen LogP contribution in [0.1, 0.15) is 37.2 Å². The van der Waals surface area contributed by atoms with Crippen molar-refractivity contribution in [2.45, 2.75) is 53.2 Å². The van der Waals surface area contributed by atoms with E-state index in [1.54, 1.807) is 0 Å². The van der Waals surface area contributed by atoms with E-state index >= 15 is 0 Å². The Bertz CT molecular complexity index is 722. The highest BCUT2D eigenvalue weighted by Gasteiger charge is 2.09. The molecule has 0 saturated carbocycles. The maximum Gasteiger partial charge on any atom is 0.191 e. The highest BCUT2D eigenvalue weighted by Crippen LogP contribution is 2.06. The quantitative estimate of drug-likeness (QED) is 0.376. The molecule has 6 heteroatoms. The zero-order valence-electron chi connectivity index (χ0n) is 18.1. The number of nitrogens with zero attached hydrogens (tertiary/aromatic N) is 4. The van der Waals surface area contributed by atoms with E-state index in [0.29, 0.717) is 6.04 Å². The lowest BCUT2D eigenvalue weighted by molar-refractivity contribution is 0.255. The minimum Gasteiger partial charge on any atom is -0.357 e. The first-order chi connectivity index (χ1) is 13.5. The first-order valence-corrected chi connectivity index (χ1v) is 10.3. The molecule has 2 rings (SSSR count). The van der Waals surface area contributed by atoms with Crippen LogP contribution in [0.3, 0.4) is 0 Å². The zero-order chi connectivity index (χ0) is 20.4. The minimum atomic E-state index is 0.366. The molecule has 2 aromatic rings. The number of hydrogen-bond donors (Lipinski definition) is 2. The summed E-state index contributed by atoms with van der Waals surface area (Å²) in [6.07, 6.45) is 1.01. The third kappa shape index (κ3) is 7.35. The second kappa shape index (κ2) is 11.5. The van der Waals surface area contributed by atoms with Crippen molar-refractivity contribution in [3.05, 3.63) is 53.3 Å². The maximum absolute atomic E-state index is 4.77. The Labute approximate surface area is 170 Å². The molecule has 0 radical (unpaired) electrons. The molecule has 1 unspecified atom stereocenters. The van der Waals surface area contributed by atoms with Crippen LogP contribution in [0.2, 0.25) is 0 Å². The van der Waals surface area contributed by atoms with Gasteiger partial charge in [0, 0.05) is 37.9 Å². The first kappa shape index (κ1) is 22.0. The normalized spacial score (nSPS) is 13.0. The van der Waals surface area contributed by atoms with Gasteiger partial charge in [-0.3, -0.25) is 14.6 Å². The van der Waals surface area contributed by atoms with Gasteiger partial charge in [-0.05, 0) is 52.8 Å². The van der Waals surface area contributed by atoms with Crippen LogP contribution in [0.5, 0.6) is 0 Å². The van der Waals surface area contributed by atoms with Gasteiger partial charge in [0.2, 0.25) is 0 Å². The summed E-state index contributed by atoms with van der Waals surface area (Å²) in [4.78, 5) is 7.11. The maximum atomic E-state index is 4.77. The molecule has 1 heterocycles. The van der Waals surface area contributed by atoms with Gasteiger partial charge in [0.1, 0.15) is 0 Å². The summed E-state index contributed by atoms with van der Waals surface area (Å²) >= 11 is 0. The van der Waals surface area contributed by atoms with Crippen LogP contribution in [-0.2, 0) is 13.1 Å². The standard InChI is InChI=1S/C22H36N6/c1-6-23-22(24-13-10-14-28-19(3)15-18(2)26-28)25-16-20(4)27(5)17-21-11-8-7-9-12-21/h7-9,11-12,15,20H,6,10,13-14,16-17H2,1-5H3,(H2,23,24,25). The van der Waals surface area contributed by atoms with Gasteiger partial charge >= 0.3 is 0 Å². The lowest BCUT2D eigenvalue weighted by Crippen LogP contribution is -2.39. The summed E-state index contributed by atoms with van der Waals surface area (Å²) in [6.45, 7) is 12.8. The Hall–Kier alpha value is -2.34. The number of hydrogen-bond acceptors (Lipinski definition) is 3. The summed E-state index contributed by atoms with van der Waals surface area (Å²) in [6, 6.07) is 13.1. The number of benzene rings is 1. The van der Waals surface area contributed by atoms with Crippen LogP contribution in [0.25, 0.3) is 0 Å². The van der Waals surface area contributed by atoms with Crippen LogP contribution >= 0.6 is 0 Å². The summed E-state index contributed by atoms with van der Waals surface area (Å²) < 4.78 is 2.07. The Morgan fingerprint density at radius 3 is 2.61 bits per heavy atom. The van der Waals surface area contributed by atoms with Gasteiger partial charge in [0.05, 0.1) is 12.2 Å². The third-order valence-electron chi connectivity index (χ3n) is 4.83. The molecule has 1 atom stereocenters. The third-order valence-corrected chi connectivity index (χ3v) is 4.83. The van der Waals surface area contributed by atoms with Gasteiger partial charge in [-0.2, -0.15) is 5.10 Å². The fourth-order valence-corrected chi connectivity index (χ4v) is 3.07. The largest absolute Gasteiger partial charge is 0.357 e. The smallest absolute Gasteiger partial charge is 0.191 e. The van der Waals surface area contributed by atoms with Gasteiger partial charge in [-0.25, -0.2) is 0 Å². The highest BCUT2D eigenvalue weighted by atomic mass is 15.3. The first-order valence-electron chi connectivity index (χ1n) is 10.3. The van der Waals surface area contributed by atoms with E-state index in [-0.39, 0.29) is 0 Å². The number of rotatable bonds is 10. The predicted molar refractivity (Wildman–Crippen MR) is 118 cm³/mol. The van der Waals surface area contributed by atoms with Gasteiger partial charge in [0.15, 0.2) is 5.96 Å². The number of aliphatic imine (C=N–C) groups is 1. The van der Waals surface area contributed by atoms with Crippen molar-refractivity contribution >= 4 is 5.96 Å². The van der Waals surface area contributed by atoms with Crippen LogP contribution in [0.15, 0.2) is 41.4 Å². The summed E-state index contributed by atoms with van der Waals surface area (Å²) in [7, 11) is 2.15. The zero-order valence-corrected chi connectivity index (χ0v) is 18.1. The van der Waals surface area contributed by atoms with Crippen LogP contribution in [0.4, 0.5) is 0 Å². The van der Waals surface area contributed by atoms with E-state index in [4.69, 9.17) is 4.99 Å². The predicted octanol–water partition coefficient (Wildman–Crippen LogP) is 2.97. The molecule has 0 amide bonds. The molecular formula is C22H36N6. The van der Waals surface area contributed by atoms with Crippen molar-refractivity contribution in [3.8, 4) is 0 Å². The van der Waals surface area contributed by atoms with Gasteiger partial charge < -0.3 is 10.6 Å². The van der Waals surface area contributed by atoms with Crippen LogP contribution < -0.4 is 10.6 Å². The monoisotopic (exact) mass is 384 g/mol. The number of nitrogens with one attached hydrogen (secondary N) is 2. The van der Waals surface area contributed by atoms with Gasteiger partial charge in [-0.1, -0.05) is 30.3 Å². The Morgan fingerprint density at radius 1 is 1.21 bits per heavy atom. The van der Waals surface area contributed by atoms with Crippen LogP contribution in [0, 0.1) is 13.8 Å². The average Bonchev–Trinajstić information content (AvgIpc) is 3.00. The lowest BCUT2D eigenvalue weighted by atomic mass is 10.2. The molecule has 0 saturated heterocycles.